The topological polar surface area (TPSA) is 40.7 Å². The lowest BCUT2D eigenvalue weighted by Crippen LogP contribution is -2.08. The standard InChI is InChI=1S/C11H13N3/c1-3-12-6-8(1)9-5-11-10(14-7-9)2-4-13-11/h2,4-5,7-8,12-13H,1,3,6H2/t8-/m0/s1. The zero-order valence-corrected chi connectivity index (χ0v) is 7.96. The number of aromatic amines is 1. The fraction of sp³-hybridized carbons (Fsp3) is 0.364. The normalized spacial score (nSPS) is 21.9. The second kappa shape index (κ2) is 3.10. The number of nitrogens with one attached hydrogen (secondary N) is 2. The Morgan fingerprint density at radius 3 is 3.29 bits per heavy atom. The molecule has 3 nitrogen and oxygen atoms in total. The molecule has 0 saturated carbocycles. The number of fused-ring (bicyclic) bond motifs is 1. The summed E-state index contributed by atoms with van der Waals surface area (Å²) < 4.78 is 0. The van der Waals surface area contributed by atoms with Crippen molar-refractivity contribution in [1.29, 1.82) is 0 Å². The first-order valence-electron chi connectivity index (χ1n) is 5.07. The highest BCUT2D eigenvalue weighted by atomic mass is 14.9. The molecule has 14 heavy (non-hydrogen) atoms. The Bertz CT molecular complexity index is 440. The van der Waals surface area contributed by atoms with E-state index in [0.29, 0.717) is 5.92 Å². The second-order valence-corrected chi connectivity index (χ2v) is 3.87. The molecular formula is C11H13N3. The molecule has 3 heterocycles. The van der Waals surface area contributed by atoms with Gasteiger partial charge in [0.15, 0.2) is 0 Å². The molecule has 1 fully saturated rings. The van der Waals surface area contributed by atoms with Gasteiger partial charge >= 0.3 is 0 Å². The molecule has 72 valence electrons. The van der Waals surface area contributed by atoms with Gasteiger partial charge in [0, 0.05) is 18.9 Å². The predicted octanol–water partition coefficient (Wildman–Crippen LogP) is 1.64. The van der Waals surface area contributed by atoms with Crippen LogP contribution in [-0.2, 0) is 0 Å². The first-order valence-corrected chi connectivity index (χ1v) is 5.07. The van der Waals surface area contributed by atoms with Crippen LogP contribution in [0.15, 0.2) is 24.5 Å². The Morgan fingerprint density at radius 2 is 2.43 bits per heavy atom. The van der Waals surface area contributed by atoms with Crippen LogP contribution in [0.25, 0.3) is 11.0 Å². The van der Waals surface area contributed by atoms with E-state index < -0.39 is 0 Å². The molecule has 2 aromatic heterocycles. The third kappa shape index (κ3) is 1.21. The predicted molar refractivity (Wildman–Crippen MR) is 56.3 cm³/mol. The van der Waals surface area contributed by atoms with Crippen LogP contribution in [0.5, 0.6) is 0 Å². The first-order chi connectivity index (χ1) is 6.93. The van der Waals surface area contributed by atoms with Crippen molar-refractivity contribution < 1.29 is 0 Å². The zero-order chi connectivity index (χ0) is 9.38. The Balaban J connectivity index is 2.04. The Labute approximate surface area is 82.5 Å². The quantitative estimate of drug-likeness (QED) is 0.712. The summed E-state index contributed by atoms with van der Waals surface area (Å²) in [6, 6.07) is 4.23. The fourth-order valence-corrected chi connectivity index (χ4v) is 2.11. The average molecular weight is 187 g/mol. The number of nitrogens with zero attached hydrogens (tertiary/aromatic N) is 1. The third-order valence-corrected chi connectivity index (χ3v) is 2.95. The van der Waals surface area contributed by atoms with Gasteiger partial charge in [-0.2, -0.15) is 0 Å². The molecule has 1 atom stereocenters. The summed E-state index contributed by atoms with van der Waals surface area (Å²) in [6.07, 6.45) is 5.18. The summed E-state index contributed by atoms with van der Waals surface area (Å²) in [7, 11) is 0. The molecular weight excluding hydrogens is 174 g/mol. The van der Waals surface area contributed by atoms with Gasteiger partial charge in [0.25, 0.3) is 0 Å². The molecule has 2 aromatic rings. The molecule has 3 heteroatoms. The van der Waals surface area contributed by atoms with Gasteiger partial charge in [-0.3, -0.25) is 4.98 Å². The highest BCUT2D eigenvalue weighted by molar-refractivity contribution is 5.75. The molecule has 0 unspecified atom stereocenters. The molecule has 3 rings (SSSR count). The first kappa shape index (κ1) is 8.00. The molecule has 0 amide bonds. The molecule has 0 bridgehead atoms. The number of aromatic nitrogens is 2. The lowest BCUT2D eigenvalue weighted by molar-refractivity contribution is 0.761. The van der Waals surface area contributed by atoms with Crippen molar-refractivity contribution in [2.75, 3.05) is 13.1 Å². The molecule has 1 saturated heterocycles. The van der Waals surface area contributed by atoms with Gasteiger partial charge in [0.1, 0.15) is 0 Å². The molecule has 0 radical (unpaired) electrons. The van der Waals surface area contributed by atoms with E-state index in [-0.39, 0.29) is 0 Å². The minimum absolute atomic E-state index is 0.648. The number of rotatable bonds is 1. The van der Waals surface area contributed by atoms with E-state index in [2.05, 4.69) is 21.4 Å². The molecule has 2 N–H and O–H groups in total. The summed E-state index contributed by atoms with van der Waals surface area (Å²) in [5.41, 5.74) is 3.55. The van der Waals surface area contributed by atoms with E-state index in [9.17, 15) is 0 Å². The number of hydrogen-bond donors (Lipinski definition) is 2. The second-order valence-electron chi connectivity index (χ2n) is 3.87. The van der Waals surface area contributed by atoms with Gasteiger partial charge < -0.3 is 10.3 Å². The number of pyridine rings is 1. The highest BCUT2D eigenvalue weighted by Crippen LogP contribution is 2.23. The lowest BCUT2D eigenvalue weighted by Gasteiger charge is -2.07. The van der Waals surface area contributed by atoms with Crippen LogP contribution in [0.4, 0.5) is 0 Å². The zero-order valence-electron chi connectivity index (χ0n) is 7.96. The average Bonchev–Trinajstić information content (AvgIpc) is 2.88. The highest BCUT2D eigenvalue weighted by Gasteiger charge is 2.16. The van der Waals surface area contributed by atoms with Gasteiger partial charge in [-0.05, 0) is 36.6 Å². The van der Waals surface area contributed by atoms with Crippen LogP contribution >= 0.6 is 0 Å². The minimum atomic E-state index is 0.648. The smallest absolute Gasteiger partial charge is 0.0878 e. The Hall–Kier alpha value is -1.35. The molecule has 0 aliphatic carbocycles. The van der Waals surface area contributed by atoms with Crippen molar-refractivity contribution >= 4 is 11.0 Å². The van der Waals surface area contributed by atoms with Gasteiger partial charge in [0.05, 0.1) is 11.0 Å². The Kier molecular flexibility index (Phi) is 1.77. The number of H-pyrrole nitrogens is 1. The van der Waals surface area contributed by atoms with Crippen molar-refractivity contribution in [3.8, 4) is 0 Å². The van der Waals surface area contributed by atoms with Gasteiger partial charge in [-0.15, -0.1) is 0 Å². The van der Waals surface area contributed by atoms with Crippen LogP contribution in [0.3, 0.4) is 0 Å². The summed E-state index contributed by atoms with van der Waals surface area (Å²) in [4.78, 5) is 7.63. The van der Waals surface area contributed by atoms with Crippen molar-refractivity contribution in [3.63, 3.8) is 0 Å². The van der Waals surface area contributed by atoms with Crippen LogP contribution in [-0.4, -0.2) is 23.1 Å². The van der Waals surface area contributed by atoms with Crippen molar-refractivity contribution in [2.24, 2.45) is 0 Å². The maximum Gasteiger partial charge on any atom is 0.0878 e. The van der Waals surface area contributed by atoms with Crippen LogP contribution in [0, 0.1) is 0 Å². The van der Waals surface area contributed by atoms with Gasteiger partial charge in [-0.1, -0.05) is 0 Å². The van der Waals surface area contributed by atoms with E-state index in [4.69, 9.17) is 0 Å². The lowest BCUT2D eigenvalue weighted by atomic mass is 10.0. The SMILES string of the molecule is c1cc2ncc([C@H]3CCNC3)cc2[nH]1. The summed E-state index contributed by atoms with van der Waals surface area (Å²) in [6.45, 7) is 2.22. The fourth-order valence-electron chi connectivity index (χ4n) is 2.11. The maximum absolute atomic E-state index is 4.43. The van der Waals surface area contributed by atoms with E-state index in [0.717, 1.165) is 24.1 Å². The van der Waals surface area contributed by atoms with Crippen LogP contribution in [0.1, 0.15) is 17.9 Å². The molecule has 1 aliphatic heterocycles. The summed E-state index contributed by atoms with van der Waals surface area (Å²) in [5, 5.41) is 3.37. The maximum atomic E-state index is 4.43. The summed E-state index contributed by atoms with van der Waals surface area (Å²) in [5.74, 6) is 0.648. The van der Waals surface area contributed by atoms with Crippen molar-refractivity contribution in [2.45, 2.75) is 12.3 Å². The van der Waals surface area contributed by atoms with E-state index >= 15 is 0 Å². The van der Waals surface area contributed by atoms with Crippen LogP contribution < -0.4 is 5.32 Å². The molecule has 1 aliphatic rings. The monoisotopic (exact) mass is 187 g/mol. The van der Waals surface area contributed by atoms with E-state index in [1.54, 1.807) is 0 Å². The molecule has 0 spiro atoms. The van der Waals surface area contributed by atoms with Crippen molar-refractivity contribution in [1.82, 2.24) is 15.3 Å². The molecule has 0 aromatic carbocycles. The van der Waals surface area contributed by atoms with Gasteiger partial charge in [-0.25, -0.2) is 0 Å². The van der Waals surface area contributed by atoms with Crippen LogP contribution in [0.2, 0.25) is 0 Å². The minimum Gasteiger partial charge on any atom is -0.360 e. The van der Waals surface area contributed by atoms with E-state index in [1.165, 1.54) is 12.0 Å². The van der Waals surface area contributed by atoms with Crippen molar-refractivity contribution in [3.05, 3.63) is 30.1 Å². The number of hydrogen-bond acceptors (Lipinski definition) is 2. The third-order valence-electron chi connectivity index (χ3n) is 2.95. The largest absolute Gasteiger partial charge is 0.360 e. The summed E-state index contributed by atoms with van der Waals surface area (Å²) >= 11 is 0. The van der Waals surface area contributed by atoms with E-state index in [1.807, 2.05) is 18.5 Å². The van der Waals surface area contributed by atoms with Gasteiger partial charge in [0.2, 0.25) is 0 Å². The Morgan fingerprint density at radius 1 is 1.43 bits per heavy atom.